The molecule has 0 saturated heterocycles. The Bertz CT molecular complexity index is 926. The molecule has 0 bridgehead atoms. The second-order valence-electron chi connectivity index (χ2n) is 7.63. The van der Waals surface area contributed by atoms with Crippen molar-refractivity contribution in [2.45, 2.75) is 38.3 Å². The number of amides is 1. The average Bonchev–Trinajstić information content (AvgIpc) is 3.51. The SMILES string of the molecule is C[C@@H]1CCN(C)c2ccccc2N1C(=O)c1ccc(NC2CC2)c([N+](=O)[O-])c1. The molecule has 1 N–H and O–H groups in total. The van der Waals surface area contributed by atoms with E-state index in [4.69, 9.17) is 0 Å². The fraction of sp³-hybridized carbons (Fsp3) is 0.381. The van der Waals surface area contributed by atoms with Crippen molar-refractivity contribution >= 4 is 28.7 Å². The number of hydrogen-bond acceptors (Lipinski definition) is 5. The first-order valence-electron chi connectivity index (χ1n) is 9.64. The van der Waals surface area contributed by atoms with Gasteiger partial charge in [-0.2, -0.15) is 0 Å². The van der Waals surface area contributed by atoms with Gasteiger partial charge in [0, 0.05) is 37.3 Å². The maximum absolute atomic E-state index is 13.4. The van der Waals surface area contributed by atoms with Crippen LogP contribution in [0.25, 0.3) is 0 Å². The highest BCUT2D eigenvalue weighted by atomic mass is 16.6. The lowest BCUT2D eigenvalue weighted by molar-refractivity contribution is -0.384. The molecule has 1 aliphatic carbocycles. The summed E-state index contributed by atoms with van der Waals surface area (Å²) in [6.07, 6.45) is 2.86. The predicted molar refractivity (Wildman–Crippen MR) is 110 cm³/mol. The van der Waals surface area contributed by atoms with Crippen molar-refractivity contribution in [2.24, 2.45) is 0 Å². The van der Waals surface area contributed by atoms with E-state index in [-0.39, 0.29) is 17.6 Å². The molecule has 1 amide bonds. The van der Waals surface area contributed by atoms with E-state index in [9.17, 15) is 14.9 Å². The van der Waals surface area contributed by atoms with Crippen molar-refractivity contribution in [3.63, 3.8) is 0 Å². The van der Waals surface area contributed by atoms with Crippen LogP contribution in [0.2, 0.25) is 0 Å². The van der Waals surface area contributed by atoms with E-state index >= 15 is 0 Å². The second kappa shape index (κ2) is 7.14. The Morgan fingerprint density at radius 3 is 2.54 bits per heavy atom. The molecule has 146 valence electrons. The van der Waals surface area contributed by atoms with Crippen LogP contribution in [0.15, 0.2) is 42.5 Å². The molecule has 1 aliphatic heterocycles. The van der Waals surface area contributed by atoms with E-state index in [0.717, 1.165) is 37.2 Å². The van der Waals surface area contributed by atoms with Crippen LogP contribution in [0.4, 0.5) is 22.7 Å². The average molecular weight is 380 g/mol. The van der Waals surface area contributed by atoms with Gasteiger partial charge in [0.15, 0.2) is 0 Å². The van der Waals surface area contributed by atoms with Gasteiger partial charge in [-0.05, 0) is 50.5 Å². The van der Waals surface area contributed by atoms with E-state index < -0.39 is 4.92 Å². The van der Waals surface area contributed by atoms with E-state index in [0.29, 0.717) is 17.3 Å². The lowest BCUT2D eigenvalue weighted by Gasteiger charge is -2.28. The van der Waals surface area contributed by atoms with Crippen molar-refractivity contribution in [1.29, 1.82) is 0 Å². The number of nitrogens with zero attached hydrogens (tertiary/aromatic N) is 3. The number of anilines is 3. The number of para-hydroxylation sites is 2. The van der Waals surface area contributed by atoms with Gasteiger partial charge in [-0.1, -0.05) is 12.1 Å². The third kappa shape index (κ3) is 3.40. The predicted octanol–water partition coefficient (Wildman–Crippen LogP) is 4.04. The molecule has 2 aromatic carbocycles. The van der Waals surface area contributed by atoms with E-state index in [1.54, 1.807) is 17.0 Å². The number of hydrogen-bond donors (Lipinski definition) is 1. The first-order chi connectivity index (χ1) is 13.5. The number of nitro groups is 1. The fourth-order valence-corrected chi connectivity index (χ4v) is 3.69. The van der Waals surface area contributed by atoms with Crippen LogP contribution in [0, 0.1) is 10.1 Å². The minimum absolute atomic E-state index is 0.0121. The Hall–Kier alpha value is -3.09. The zero-order valence-electron chi connectivity index (χ0n) is 16.1. The molecule has 2 aromatic rings. The zero-order chi connectivity index (χ0) is 19.8. The smallest absolute Gasteiger partial charge is 0.293 e. The highest BCUT2D eigenvalue weighted by Gasteiger charge is 2.31. The number of nitro benzene ring substituents is 1. The van der Waals surface area contributed by atoms with Gasteiger partial charge in [-0.15, -0.1) is 0 Å². The fourth-order valence-electron chi connectivity index (χ4n) is 3.69. The first-order valence-corrected chi connectivity index (χ1v) is 9.64. The third-order valence-corrected chi connectivity index (χ3v) is 5.47. The Morgan fingerprint density at radius 1 is 1.14 bits per heavy atom. The number of carbonyl (C=O) groups excluding carboxylic acids is 1. The summed E-state index contributed by atoms with van der Waals surface area (Å²) in [6, 6.07) is 12.8. The van der Waals surface area contributed by atoms with E-state index in [1.807, 2.05) is 38.2 Å². The van der Waals surface area contributed by atoms with Crippen LogP contribution in [0.5, 0.6) is 0 Å². The minimum Gasteiger partial charge on any atom is -0.377 e. The highest BCUT2D eigenvalue weighted by Crippen LogP contribution is 2.36. The summed E-state index contributed by atoms with van der Waals surface area (Å²) in [4.78, 5) is 28.5. The molecule has 7 heteroatoms. The molecule has 1 saturated carbocycles. The van der Waals surface area contributed by atoms with Crippen molar-refractivity contribution in [2.75, 3.05) is 28.7 Å². The van der Waals surface area contributed by atoms with Crippen LogP contribution in [0.3, 0.4) is 0 Å². The molecule has 0 spiro atoms. The Morgan fingerprint density at radius 2 is 1.86 bits per heavy atom. The quantitative estimate of drug-likeness (QED) is 0.640. The van der Waals surface area contributed by atoms with Gasteiger partial charge < -0.3 is 15.1 Å². The molecule has 0 radical (unpaired) electrons. The van der Waals surface area contributed by atoms with E-state index in [1.165, 1.54) is 6.07 Å². The zero-order valence-corrected chi connectivity index (χ0v) is 16.1. The Labute approximate surface area is 164 Å². The van der Waals surface area contributed by atoms with Crippen molar-refractivity contribution in [3.05, 3.63) is 58.1 Å². The molecule has 4 rings (SSSR count). The lowest BCUT2D eigenvalue weighted by atomic mass is 10.1. The molecular formula is C21H24N4O3. The van der Waals surface area contributed by atoms with Gasteiger partial charge in [0.05, 0.1) is 16.3 Å². The third-order valence-electron chi connectivity index (χ3n) is 5.47. The molecule has 0 aromatic heterocycles. The standard InChI is InChI=1S/C21H24N4O3/c1-14-11-12-23(2)18-5-3-4-6-19(18)24(14)21(26)15-7-10-17(22-16-8-9-16)20(13-15)25(27)28/h3-7,10,13-14,16,22H,8-9,11-12H2,1-2H3/t14-/m1/s1. The second-order valence-corrected chi connectivity index (χ2v) is 7.63. The van der Waals surface area contributed by atoms with E-state index in [2.05, 4.69) is 10.2 Å². The van der Waals surface area contributed by atoms with Crippen molar-refractivity contribution in [1.82, 2.24) is 0 Å². The Kier molecular flexibility index (Phi) is 4.66. The van der Waals surface area contributed by atoms with Crippen LogP contribution in [-0.2, 0) is 0 Å². The lowest BCUT2D eigenvalue weighted by Crippen LogP contribution is -2.38. The molecule has 2 aliphatic rings. The maximum atomic E-state index is 13.4. The number of carbonyl (C=O) groups is 1. The van der Waals surface area contributed by atoms with Gasteiger partial charge in [0.25, 0.3) is 11.6 Å². The van der Waals surface area contributed by atoms with Crippen LogP contribution < -0.4 is 15.1 Å². The first kappa shape index (κ1) is 18.3. The summed E-state index contributed by atoms with van der Waals surface area (Å²) in [5.74, 6) is -0.212. The molecule has 0 unspecified atom stereocenters. The van der Waals surface area contributed by atoms with Gasteiger partial charge in [0.2, 0.25) is 0 Å². The van der Waals surface area contributed by atoms with Crippen molar-refractivity contribution in [3.8, 4) is 0 Å². The normalized spacial score (nSPS) is 19.0. The van der Waals surface area contributed by atoms with Gasteiger partial charge in [0.1, 0.15) is 5.69 Å². The summed E-state index contributed by atoms with van der Waals surface area (Å²) in [5.41, 5.74) is 2.59. The summed E-state index contributed by atoms with van der Waals surface area (Å²) >= 11 is 0. The molecule has 1 fully saturated rings. The maximum Gasteiger partial charge on any atom is 0.293 e. The number of rotatable bonds is 4. The van der Waals surface area contributed by atoms with Crippen molar-refractivity contribution < 1.29 is 9.72 Å². The topological polar surface area (TPSA) is 78.7 Å². The minimum atomic E-state index is -0.422. The molecule has 1 atom stereocenters. The van der Waals surface area contributed by atoms with Gasteiger partial charge >= 0.3 is 0 Å². The van der Waals surface area contributed by atoms with Crippen LogP contribution in [-0.4, -0.2) is 36.5 Å². The molecular weight excluding hydrogens is 356 g/mol. The highest BCUT2D eigenvalue weighted by molar-refractivity contribution is 6.09. The van der Waals surface area contributed by atoms with Crippen LogP contribution >= 0.6 is 0 Å². The number of nitrogens with one attached hydrogen (secondary N) is 1. The summed E-state index contributed by atoms with van der Waals surface area (Å²) in [7, 11) is 2.02. The Balaban J connectivity index is 1.72. The molecule has 1 heterocycles. The van der Waals surface area contributed by atoms with Crippen LogP contribution in [0.1, 0.15) is 36.5 Å². The van der Waals surface area contributed by atoms with Gasteiger partial charge in [-0.3, -0.25) is 14.9 Å². The monoisotopic (exact) mass is 380 g/mol. The van der Waals surface area contributed by atoms with Gasteiger partial charge in [-0.25, -0.2) is 0 Å². The summed E-state index contributed by atoms with van der Waals surface area (Å²) in [6.45, 7) is 2.86. The number of fused-ring (bicyclic) bond motifs is 1. The number of benzene rings is 2. The molecule has 7 nitrogen and oxygen atoms in total. The molecule has 28 heavy (non-hydrogen) atoms. The summed E-state index contributed by atoms with van der Waals surface area (Å²) < 4.78 is 0. The largest absolute Gasteiger partial charge is 0.377 e. The summed E-state index contributed by atoms with van der Waals surface area (Å²) in [5, 5.41) is 14.7.